The number of carbonyl (C=O) groups excluding carboxylic acids is 1. The van der Waals surface area contributed by atoms with Crippen LogP contribution in [-0.2, 0) is 9.53 Å². The van der Waals surface area contributed by atoms with Gasteiger partial charge in [0.1, 0.15) is 0 Å². The Balaban J connectivity index is 2.73. The van der Waals surface area contributed by atoms with Crippen LogP contribution in [0.3, 0.4) is 0 Å². The van der Waals surface area contributed by atoms with Crippen LogP contribution >= 0.6 is 0 Å². The van der Waals surface area contributed by atoms with Crippen molar-refractivity contribution in [1.82, 2.24) is 4.90 Å². The fourth-order valence-electron chi connectivity index (χ4n) is 2.34. The molecule has 0 fully saturated rings. The van der Waals surface area contributed by atoms with E-state index in [1.807, 2.05) is 6.92 Å². The van der Waals surface area contributed by atoms with Gasteiger partial charge in [-0.25, -0.2) is 0 Å². The van der Waals surface area contributed by atoms with Gasteiger partial charge in [0.15, 0.2) is 0 Å². The van der Waals surface area contributed by atoms with Crippen molar-refractivity contribution >= 4 is 5.97 Å². The van der Waals surface area contributed by atoms with Gasteiger partial charge >= 0.3 is 5.97 Å². The number of rotatable bonds is 5. The van der Waals surface area contributed by atoms with Gasteiger partial charge in [0.2, 0.25) is 0 Å². The largest absolute Gasteiger partial charge is 0.466 e. The molecule has 16 heavy (non-hydrogen) atoms. The van der Waals surface area contributed by atoms with Crippen molar-refractivity contribution in [2.75, 3.05) is 19.7 Å². The molecule has 0 amide bonds. The first-order valence-corrected chi connectivity index (χ1v) is 6.31. The van der Waals surface area contributed by atoms with Crippen molar-refractivity contribution in [2.24, 2.45) is 5.92 Å². The average molecular weight is 225 g/mol. The zero-order valence-electron chi connectivity index (χ0n) is 10.6. The highest BCUT2D eigenvalue weighted by molar-refractivity contribution is 5.74. The Morgan fingerprint density at radius 3 is 2.62 bits per heavy atom. The molecule has 1 aliphatic rings. The fraction of sp³-hybridized carbons (Fsp3) is 0.769. The molecule has 0 aliphatic heterocycles. The number of allylic oxidation sites excluding steroid dienone is 1. The maximum Gasteiger partial charge on any atom is 0.310 e. The molecular weight excluding hydrogens is 202 g/mol. The van der Waals surface area contributed by atoms with E-state index in [1.54, 1.807) is 0 Å². The summed E-state index contributed by atoms with van der Waals surface area (Å²) < 4.78 is 5.15. The van der Waals surface area contributed by atoms with Gasteiger partial charge in [0.05, 0.1) is 12.5 Å². The molecule has 0 spiro atoms. The molecule has 0 bridgehead atoms. The van der Waals surface area contributed by atoms with Crippen LogP contribution in [-0.4, -0.2) is 36.6 Å². The molecule has 92 valence electrons. The predicted octanol–water partition coefficient (Wildman–Crippen LogP) is 2.23. The highest BCUT2D eigenvalue weighted by Crippen LogP contribution is 2.24. The van der Waals surface area contributed by atoms with E-state index in [4.69, 9.17) is 4.74 Å². The van der Waals surface area contributed by atoms with Gasteiger partial charge in [-0.2, -0.15) is 0 Å². The summed E-state index contributed by atoms with van der Waals surface area (Å²) in [6.07, 6.45) is 6.24. The number of hydrogen-bond donors (Lipinski definition) is 0. The van der Waals surface area contributed by atoms with Crippen molar-refractivity contribution < 1.29 is 9.53 Å². The number of likely N-dealkylation sites (N-methyl/N-ethyl adjacent to an activating group) is 1. The minimum absolute atomic E-state index is 0.0184. The molecule has 0 aromatic carbocycles. The maximum atomic E-state index is 11.9. The van der Waals surface area contributed by atoms with Gasteiger partial charge in [0.25, 0.3) is 0 Å². The third-order valence-electron chi connectivity index (χ3n) is 3.21. The molecule has 3 heteroatoms. The Morgan fingerprint density at radius 2 is 2.06 bits per heavy atom. The summed E-state index contributed by atoms with van der Waals surface area (Å²) in [6, 6.07) is 0.225. The van der Waals surface area contributed by atoms with Crippen molar-refractivity contribution in [2.45, 2.75) is 39.7 Å². The second-order valence-electron chi connectivity index (χ2n) is 4.08. The van der Waals surface area contributed by atoms with Crippen molar-refractivity contribution in [1.29, 1.82) is 0 Å². The lowest BCUT2D eigenvalue weighted by Crippen LogP contribution is -2.44. The van der Waals surface area contributed by atoms with Crippen LogP contribution in [0.4, 0.5) is 0 Å². The predicted molar refractivity (Wildman–Crippen MR) is 65.2 cm³/mol. The van der Waals surface area contributed by atoms with Crippen LogP contribution in [0, 0.1) is 5.92 Å². The molecule has 0 heterocycles. The Morgan fingerprint density at radius 1 is 1.38 bits per heavy atom. The van der Waals surface area contributed by atoms with E-state index in [-0.39, 0.29) is 17.9 Å². The van der Waals surface area contributed by atoms with E-state index >= 15 is 0 Å². The van der Waals surface area contributed by atoms with Crippen LogP contribution in [0.25, 0.3) is 0 Å². The van der Waals surface area contributed by atoms with Gasteiger partial charge in [-0.3, -0.25) is 9.69 Å². The van der Waals surface area contributed by atoms with E-state index in [9.17, 15) is 4.79 Å². The third kappa shape index (κ3) is 3.08. The van der Waals surface area contributed by atoms with Crippen LogP contribution < -0.4 is 0 Å². The first-order chi connectivity index (χ1) is 7.74. The molecule has 0 radical (unpaired) electrons. The highest BCUT2D eigenvalue weighted by Gasteiger charge is 2.32. The summed E-state index contributed by atoms with van der Waals surface area (Å²) in [7, 11) is 0. The molecule has 1 rings (SSSR count). The topological polar surface area (TPSA) is 29.5 Å². The molecule has 0 aromatic rings. The average Bonchev–Trinajstić information content (AvgIpc) is 2.31. The van der Waals surface area contributed by atoms with Crippen molar-refractivity contribution in [3.8, 4) is 0 Å². The Kier molecular flexibility index (Phi) is 5.53. The second-order valence-corrected chi connectivity index (χ2v) is 4.08. The summed E-state index contributed by atoms with van der Waals surface area (Å²) in [5.41, 5.74) is 0. The lowest BCUT2D eigenvalue weighted by Gasteiger charge is -2.34. The highest BCUT2D eigenvalue weighted by atomic mass is 16.5. The standard InChI is InChI=1S/C13H23NO2/c1-4-14(5-2)12-10-8-7-9-11(12)13(15)16-6-3/h8,10-12H,4-7,9H2,1-3H3/t11-,12+/m0/s1. The zero-order valence-corrected chi connectivity index (χ0v) is 10.6. The summed E-state index contributed by atoms with van der Waals surface area (Å²) >= 11 is 0. The third-order valence-corrected chi connectivity index (χ3v) is 3.21. The summed E-state index contributed by atoms with van der Waals surface area (Å²) in [4.78, 5) is 14.2. The van der Waals surface area contributed by atoms with E-state index in [2.05, 4.69) is 30.9 Å². The monoisotopic (exact) mass is 225 g/mol. The van der Waals surface area contributed by atoms with Crippen molar-refractivity contribution in [3.05, 3.63) is 12.2 Å². The summed E-state index contributed by atoms with van der Waals surface area (Å²) in [5.74, 6) is -0.0198. The SMILES string of the molecule is CCOC(=O)[C@H]1CCC=C[C@H]1N(CC)CC. The van der Waals surface area contributed by atoms with E-state index in [0.717, 1.165) is 25.9 Å². The lowest BCUT2D eigenvalue weighted by atomic mass is 9.88. The first-order valence-electron chi connectivity index (χ1n) is 6.31. The normalized spacial score (nSPS) is 24.8. The van der Waals surface area contributed by atoms with Gasteiger partial charge in [-0.15, -0.1) is 0 Å². The number of nitrogens with zero attached hydrogens (tertiary/aromatic N) is 1. The van der Waals surface area contributed by atoms with Crippen LogP contribution in [0.5, 0.6) is 0 Å². The molecular formula is C13H23NO2. The molecule has 0 unspecified atom stereocenters. The van der Waals surface area contributed by atoms with Gasteiger partial charge in [0, 0.05) is 6.04 Å². The zero-order chi connectivity index (χ0) is 12.0. The first kappa shape index (κ1) is 13.2. The molecule has 0 aromatic heterocycles. The van der Waals surface area contributed by atoms with Crippen LogP contribution in [0.1, 0.15) is 33.6 Å². The molecule has 3 nitrogen and oxygen atoms in total. The maximum absolute atomic E-state index is 11.9. The second kappa shape index (κ2) is 6.69. The smallest absolute Gasteiger partial charge is 0.310 e. The quantitative estimate of drug-likeness (QED) is 0.531. The van der Waals surface area contributed by atoms with Crippen LogP contribution in [0.15, 0.2) is 12.2 Å². The van der Waals surface area contributed by atoms with Gasteiger partial charge in [-0.1, -0.05) is 26.0 Å². The molecule has 0 saturated heterocycles. The van der Waals surface area contributed by atoms with E-state index < -0.39 is 0 Å². The number of hydrogen-bond acceptors (Lipinski definition) is 3. The number of esters is 1. The summed E-state index contributed by atoms with van der Waals surface area (Å²) in [5, 5.41) is 0. The molecule has 0 saturated carbocycles. The van der Waals surface area contributed by atoms with Crippen LogP contribution in [0.2, 0.25) is 0 Å². The number of ether oxygens (including phenoxy) is 1. The van der Waals surface area contributed by atoms with E-state index in [0.29, 0.717) is 6.61 Å². The fourth-order valence-corrected chi connectivity index (χ4v) is 2.34. The molecule has 0 N–H and O–H groups in total. The Hall–Kier alpha value is -0.830. The van der Waals surface area contributed by atoms with Gasteiger partial charge in [-0.05, 0) is 32.9 Å². The summed E-state index contributed by atoms with van der Waals surface area (Å²) in [6.45, 7) is 8.55. The Labute approximate surface area is 98.5 Å². The van der Waals surface area contributed by atoms with Crippen molar-refractivity contribution in [3.63, 3.8) is 0 Å². The molecule has 1 aliphatic carbocycles. The number of carbonyl (C=O) groups is 1. The van der Waals surface area contributed by atoms with E-state index in [1.165, 1.54) is 0 Å². The Bertz CT molecular complexity index is 246. The lowest BCUT2D eigenvalue weighted by molar-refractivity contribution is -0.150. The molecule has 2 atom stereocenters. The minimum Gasteiger partial charge on any atom is -0.466 e. The minimum atomic E-state index is -0.0382. The van der Waals surface area contributed by atoms with Gasteiger partial charge < -0.3 is 4.74 Å².